The van der Waals surface area contributed by atoms with E-state index in [-0.39, 0.29) is 9.89 Å². The van der Waals surface area contributed by atoms with Gasteiger partial charge in [-0.15, -0.1) is 0 Å². The van der Waals surface area contributed by atoms with E-state index in [0.29, 0.717) is 11.3 Å². The predicted octanol–water partition coefficient (Wildman–Crippen LogP) is 2.99. The molecule has 0 spiro atoms. The van der Waals surface area contributed by atoms with Crippen LogP contribution in [0.1, 0.15) is 13.3 Å². The molecule has 2 bridgehead atoms. The first-order valence-corrected chi connectivity index (χ1v) is 5.63. The summed E-state index contributed by atoms with van der Waals surface area (Å²) in [6.07, 6.45) is 0.773. The predicted molar refractivity (Wildman–Crippen MR) is 61.1 cm³/mol. The first-order valence-electron chi connectivity index (χ1n) is 4.38. The molecule has 2 aromatic rings. The molecule has 0 aliphatic rings. The zero-order valence-electron chi connectivity index (χ0n) is 7.62. The Kier molecular flexibility index (Phi) is 2.62. The van der Waals surface area contributed by atoms with Gasteiger partial charge in [0.05, 0.1) is 0 Å². The van der Waals surface area contributed by atoms with Crippen molar-refractivity contribution < 1.29 is 13.9 Å². The summed E-state index contributed by atoms with van der Waals surface area (Å²) in [5, 5.41) is 0. The lowest BCUT2D eigenvalue weighted by Gasteiger charge is -2.05. The summed E-state index contributed by atoms with van der Waals surface area (Å²) >= 11 is 2.07. The van der Waals surface area contributed by atoms with Crippen molar-refractivity contribution in [3.8, 4) is 5.75 Å². The van der Waals surface area contributed by atoms with Gasteiger partial charge >= 0.3 is 5.97 Å². The number of rotatable bonds is 3. The number of hydrogen-bond acceptors (Lipinski definition) is 3. The molecule has 3 nitrogen and oxygen atoms in total. The second-order valence-corrected chi connectivity index (χ2v) is 4.51. The molecule has 0 aliphatic heterocycles. The van der Waals surface area contributed by atoms with E-state index in [0.717, 1.165) is 12.0 Å². The average Bonchev–Trinajstić information content (AvgIpc) is 2.77. The van der Waals surface area contributed by atoms with Gasteiger partial charge in [0.1, 0.15) is 9.51 Å². The van der Waals surface area contributed by atoms with Gasteiger partial charge in [0, 0.05) is 6.07 Å². The quantitative estimate of drug-likeness (QED) is 0.379. The maximum Gasteiger partial charge on any atom is 0.324 e. The molecule has 0 saturated heterocycles. The van der Waals surface area contributed by atoms with Crippen molar-refractivity contribution in [3.63, 3.8) is 0 Å². The number of hydrogen-bond donors (Lipinski definition) is 0. The minimum atomic E-state index is -0.211. The molecule has 0 saturated carbocycles. The van der Waals surface area contributed by atoms with E-state index < -0.39 is 0 Å². The van der Waals surface area contributed by atoms with Gasteiger partial charge in [-0.05, 0) is 18.6 Å². The zero-order chi connectivity index (χ0) is 10.1. The first-order chi connectivity index (χ1) is 6.70. The Morgan fingerprint density at radius 1 is 1.64 bits per heavy atom. The van der Waals surface area contributed by atoms with Crippen molar-refractivity contribution in [3.05, 3.63) is 18.2 Å². The minimum absolute atomic E-state index is 0.0952. The van der Waals surface area contributed by atoms with Crippen molar-refractivity contribution in [2.75, 3.05) is 0 Å². The van der Waals surface area contributed by atoms with Gasteiger partial charge in [0.2, 0.25) is 0 Å². The molecule has 1 unspecified atom stereocenters. The summed E-state index contributed by atoms with van der Waals surface area (Å²) in [7, 11) is 0. The number of carbonyl (C=O) groups excluding carboxylic acids is 1. The van der Waals surface area contributed by atoms with E-state index in [9.17, 15) is 4.79 Å². The van der Waals surface area contributed by atoms with Gasteiger partial charge in [-0.3, -0.25) is 4.79 Å². The third-order valence-corrected chi connectivity index (χ3v) is 3.36. The van der Waals surface area contributed by atoms with Crippen LogP contribution < -0.4 is 4.74 Å². The molecule has 74 valence electrons. The highest BCUT2D eigenvalue weighted by Crippen LogP contribution is 2.29. The van der Waals surface area contributed by atoms with E-state index in [2.05, 4.69) is 22.6 Å². The van der Waals surface area contributed by atoms with Crippen LogP contribution in [0, 0.1) is 0 Å². The van der Waals surface area contributed by atoms with Gasteiger partial charge in [-0.1, -0.05) is 29.5 Å². The molecule has 2 aromatic heterocycles. The highest BCUT2D eigenvalue weighted by molar-refractivity contribution is 14.1. The van der Waals surface area contributed by atoms with Gasteiger partial charge in [-0.25, -0.2) is 0 Å². The second kappa shape index (κ2) is 3.76. The van der Waals surface area contributed by atoms with Crippen LogP contribution in [0.4, 0.5) is 0 Å². The molecule has 0 aliphatic carbocycles. The van der Waals surface area contributed by atoms with E-state index in [4.69, 9.17) is 9.15 Å². The number of furan rings is 2. The minimum Gasteiger partial charge on any atom is -0.453 e. The molecule has 14 heavy (non-hydrogen) atoms. The molecule has 0 amide bonds. The number of benzene rings is 1. The maximum atomic E-state index is 11.4. The molecular weight excluding hydrogens is 295 g/mol. The van der Waals surface area contributed by atoms with Gasteiger partial charge in [-0.2, -0.15) is 0 Å². The van der Waals surface area contributed by atoms with E-state index >= 15 is 0 Å². The monoisotopic (exact) mass is 304 g/mol. The Bertz CT molecular complexity index is 434. The summed E-state index contributed by atoms with van der Waals surface area (Å²) in [5.74, 6) is 0.319. The Hall–Kier alpha value is -0.780. The lowest BCUT2D eigenvalue weighted by molar-refractivity contribution is -0.133. The second-order valence-electron chi connectivity index (χ2n) is 3.01. The Morgan fingerprint density at radius 3 is 2.93 bits per heavy atom. The van der Waals surface area contributed by atoms with Crippen molar-refractivity contribution in [1.82, 2.24) is 0 Å². The highest BCUT2D eigenvalue weighted by Gasteiger charge is 2.17. The van der Waals surface area contributed by atoms with Gasteiger partial charge in [0.25, 0.3) is 0 Å². The van der Waals surface area contributed by atoms with Crippen LogP contribution in [0.15, 0.2) is 22.6 Å². The number of halogens is 1. The lowest BCUT2D eigenvalue weighted by atomic mass is 10.3. The maximum absolute atomic E-state index is 11.4. The van der Waals surface area contributed by atoms with E-state index in [1.807, 2.05) is 13.0 Å². The first kappa shape index (κ1) is 9.76. The van der Waals surface area contributed by atoms with Crippen LogP contribution in [-0.2, 0) is 4.79 Å². The number of alkyl halides is 1. The Morgan fingerprint density at radius 2 is 2.43 bits per heavy atom. The SMILES string of the molecule is CCC(I)C(=O)Oc1cc2ccc1o2. The molecule has 4 heteroatoms. The van der Waals surface area contributed by atoms with Crippen LogP contribution >= 0.6 is 22.6 Å². The van der Waals surface area contributed by atoms with Crippen LogP contribution in [0.5, 0.6) is 5.75 Å². The lowest BCUT2D eigenvalue weighted by Crippen LogP contribution is -2.19. The smallest absolute Gasteiger partial charge is 0.324 e. The molecular formula is C10H9IO3. The van der Waals surface area contributed by atoms with Crippen LogP contribution in [-0.4, -0.2) is 9.89 Å². The largest absolute Gasteiger partial charge is 0.453 e. The van der Waals surface area contributed by atoms with Crippen LogP contribution in [0.3, 0.4) is 0 Å². The third kappa shape index (κ3) is 1.70. The molecule has 2 rings (SSSR count). The Labute approximate surface area is 94.9 Å². The fraction of sp³-hybridized carbons (Fsp3) is 0.300. The molecule has 1 atom stereocenters. The summed E-state index contributed by atoms with van der Waals surface area (Å²) in [6, 6.07) is 5.37. The summed E-state index contributed by atoms with van der Waals surface area (Å²) < 4.78 is 10.3. The zero-order valence-corrected chi connectivity index (χ0v) is 9.78. The molecule has 0 fully saturated rings. The van der Waals surface area contributed by atoms with Crippen LogP contribution in [0.2, 0.25) is 0 Å². The fourth-order valence-electron chi connectivity index (χ4n) is 1.18. The molecule has 0 radical (unpaired) electrons. The summed E-state index contributed by atoms with van der Waals surface area (Å²) in [6.45, 7) is 1.95. The van der Waals surface area contributed by atoms with Gasteiger partial charge in [0.15, 0.2) is 11.3 Å². The summed E-state index contributed by atoms with van der Waals surface area (Å²) in [5.41, 5.74) is 1.37. The topological polar surface area (TPSA) is 39.4 Å². The highest BCUT2D eigenvalue weighted by atomic mass is 127. The number of carbonyl (C=O) groups is 1. The van der Waals surface area contributed by atoms with Crippen molar-refractivity contribution in [2.45, 2.75) is 17.3 Å². The normalized spacial score (nSPS) is 13.3. The fourth-order valence-corrected chi connectivity index (χ4v) is 1.31. The summed E-state index contributed by atoms with van der Waals surface area (Å²) in [4.78, 5) is 11.4. The number of esters is 1. The Balaban J connectivity index is 2.11. The number of fused-ring (bicyclic) bond motifs is 2. The molecule has 2 heterocycles. The van der Waals surface area contributed by atoms with Crippen molar-refractivity contribution in [2.24, 2.45) is 0 Å². The average molecular weight is 304 g/mol. The van der Waals surface area contributed by atoms with E-state index in [1.165, 1.54) is 0 Å². The molecule has 0 N–H and O–H groups in total. The van der Waals surface area contributed by atoms with Crippen LogP contribution in [0.25, 0.3) is 11.2 Å². The standard InChI is InChI=1S/C10H9IO3/c1-2-7(11)10(12)14-9-5-6-3-4-8(9)13-6/h3-5,7H,2H2,1H3. The van der Waals surface area contributed by atoms with Crippen molar-refractivity contribution in [1.29, 1.82) is 0 Å². The number of ether oxygens (including phenoxy) is 1. The third-order valence-electron chi connectivity index (χ3n) is 1.97. The van der Waals surface area contributed by atoms with Crippen molar-refractivity contribution >= 4 is 39.7 Å². The molecule has 0 aromatic carbocycles. The van der Waals surface area contributed by atoms with E-state index in [1.54, 1.807) is 12.1 Å². The van der Waals surface area contributed by atoms with Gasteiger partial charge < -0.3 is 9.15 Å².